The summed E-state index contributed by atoms with van der Waals surface area (Å²) in [5.74, 6) is -0.429. The highest BCUT2D eigenvalue weighted by Gasteiger charge is 2.27. The summed E-state index contributed by atoms with van der Waals surface area (Å²) in [5, 5.41) is 12.1. The molecule has 1 aromatic heterocycles. The molecule has 0 saturated heterocycles. The Kier molecular flexibility index (Phi) is 4.02. The van der Waals surface area contributed by atoms with Gasteiger partial charge in [-0.3, -0.25) is 10.1 Å². The number of benzene rings is 2. The third-order valence-corrected chi connectivity index (χ3v) is 5.42. The molecule has 0 saturated carbocycles. The number of hydrogen-bond acceptors (Lipinski definition) is 6. The van der Waals surface area contributed by atoms with Gasteiger partial charge in [0.1, 0.15) is 4.88 Å². The fourth-order valence-corrected chi connectivity index (χ4v) is 3.95. The van der Waals surface area contributed by atoms with Crippen LogP contribution in [0.25, 0.3) is 16.2 Å². The molecule has 0 aliphatic carbocycles. The Balaban J connectivity index is 1.70. The second-order valence-electron chi connectivity index (χ2n) is 5.43. The number of carbonyl (C=O) groups excluding carboxylic acids is 1. The standard InChI is InChI=1S/C18H9ClN2O4S/c19-15-12-3-1-2-4-14(12)26-16(15)17-20-13(18(22)25-17)9-10-5-7-11(8-6-10)21(23)24/h1-9H/b13-9+. The molecule has 2 aromatic carbocycles. The van der Waals surface area contributed by atoms with E-state index in [2.05, 4.69) is 4.99 Å². The van der Waals surface area contributed by atoms with Gasteiger partial charge in [-0.25, -0.2) is 9.79 Å². The lowest BCUT2D eigenvalue weighted by Crippen LogP contribution is -2.04. The van der Waals surface area contributed by atoms with Gasteiger partial charge < -0.3 is 4.74 Å². The molecule has 0 unspecified atom stereocenters. The minimum Gasteiger partial charge on any atom is -0.401 e. The highest BCUT2D eigenvalue weighted by Crippen LogP contribution is 2.37. The average Bonchev–Trinajstić information content (AvgIpc) is 3.16. The van der Waals surface area contributed by atoms with Gasteiger partial charge in [0.15, 0.2) is 5.70 Å². The zero-order chi connectivity index (χ0) is 18.3. The molecule has 0 bridgehead atoms. The first-order valence-electron chi connectivity index (χ1n) is 7.47. The van der Waals surface area contributed by atoms with Crippen molar-refractivity contribution in [3.63, 3.8) is 0 Å². The molecular formula is C18H9ClN2O4S. The number of esters is 1. The van der Waals surface area contributed by atoms with Gasteiger partial charge in [0.05, 0.1) is 9.95 Å². The van der Waals surface area contributed by atoms with E-state index in [4.69, 9.17) is 16.3 Å². The minimum atomic E-state index is -0.591. The van der Waals surface area contributed by atoms with E-state index in [9.17, 15) is 14.9 Å². The van der Waals surface area contributed by atoms with Crippen LogP contribution >= 0.6 is 22.9 Å². The molecular weight excluding hydrogens is 376 g/mol. The number of halogens is 1. The van der Waals surface area contributed by atoms with Crippen LogP contribution in [0.2, 0.25) is 5.02 Å². The molecule has 2 heterocycles. The van der Waals surface area contributed by atoms with Crippen LogP contribution in [0.1, 0.15) is 10.4 Å². The van der Waals surface area contributed by atoms with Crippen LogP contribution in [0.15, 0.2) is 59.2 Å². The number of thiophene rings is 1. The molecule has 0 spiro atoms. The van der Waals surface area contributed by atoms with Crippen LogP contribution in [0.5, 0.6) is 0 Å². The summed E-state index contributed by atoms with van der Waals surface area (Å²) < 4.78 is 6.24. The van der Waals surface area contributed by atoms with Crippen LogP contribution in [0.3, 0.4) is 0 Å². The number of fused-ring (bicyclic) bond motifs is 1. The first-order valence-corrected chi connectivity index (χ1v) is 8.67. The van der Waals surface area contributed by atoms with Crippen molar-refractivity contribution in [3.05, 3.63) is 79.8 Å². The van der Waals surface area contributed by atoms with Gasteiger partial charge in [0.25, 0.3) is 5.69 Å². The zero-order valence-corrected chi connectivity index (χ0v) is 14.6. The Bertz CT molecular complexity index is 1120. The normalized spacial score (nSPS) is 15.3. The van der Waals surface area contributed by atoms with E-state index in [-0.39, 0.29) is 17.3 Å². The summed E-state index contributed by atoms with van der Waals surface area (Å²) in [6.07, 6.45) is 1.51. The topological polar surface area (TPSA) is 81.8 Å². The summed E-state index contributed by atoms with van der Waals surface area (Å²) in [4.78, 5) is 27.2. The molecule has 128 valence electrons. The van der Waals surface area contributed by atoms with E-state index in [1.54, 1.807) is 12.1 Å². The number of ether oxygens (including phenoxy) is 1. The van der Waals surface area contributed by atoms with E-state index >= 15 is 0 Å². The first kappa shape index (κ1) is 16.4. The summed E-state index contributed by atoms with van der Waals surface area (Å²) in [6.45, 7) is 0. The van der Waals surface area contributed by atoms with Crippen LogP contribution < -0.4 is 0 Å². The third kappa shape index (κ3) is 2.87. The van der Waals surface area contributed by atoms with E-state index < -0.39 is 10.9 Å². The Morgan fingerprint density at radius 1 is 1.15 bits per heavy atom. The summed E-state index contributed by atoms with van der Waals surface area (Å²) in [6, 6.07) is 13.4. The fourth-order valence-electron chi connectivity index (χ4n) is 2.51. The maximum atomic E-state index is 12.1. The molecule has 0 radical (unpaired) electrons. The summed E-state index contributed by atoms with van der Waals surface area (Å²) in [5.41, 5.74) is 0.694. The van der Waals surface area contributed by atoms with Crippen molar-refractivity contribution >= 4 is 56.7 Å². The van der Waals surface area contributed by atoms with Crippen molar-refractivity contribution in [1.29, 1.82) is 0 Å². The zero-order valence-electron chi connectivity index (χ0n) is 13.0. The van der Waals surface area contributed by atoms with Crippen molar-refractivity contribution in [2.75, 3.05) is 0 Å². The van der Waals surface area contributed by atoms with E-state index in [0.29, 0.717) is 15.5 Å². The van der Waals surface area contributed by atoms with Crippen LogP contribution in [0.4, 0.5) is 5.69 Å². The lowest BCUT2D eigenvalue weighted by Gasteiger charge is -1.95. The lowest BCUT2D eigenvalue weighted by molar-refractivity contribution is -0.384. The fraction of sp³-hybridized carbons (Fsp3) is 0. The number of nitro groups is 1. The Labute approximate surface area is 156 Å². The minimum absolute atomic E-state index is 0.0256. The number of carbonyl (C=O) groups is 1. The van der Waals surface area contributed by atoms with Gasteiger partial charge in [-0.2, -0.15) is 0 Å². The molecule has 0 N–H and O–H groups in total. The van der Waals surface area contributed by atoms with E-state index in [1.165, 1.54) is 29.5 Å². The van der Waals surface area contributed by atoms with Gasteiger partial charge in [0, 0.05) is 22.2 Å². The van der Waals surface area contributed by atoms with Crippen molar-refractivity contribution in [2.24, 2.45) is 4.99 Å². The third-order valence-electron chi connectivity index (χ3n) is 3.76. The molecule has 8 heteroatoms. The van der Waals surface area contributed by atoms with Crippen molar-refractivity contribution < 1.29 is 14.5 Å². The number of aliphatic imine (C=N–C) groups is 1. The second kappa shape index (κ2) is 6.36. The second-order valence-corrected chi connectivity index (χ2v) is 6.86. The van der Waals surface area contributed by atoms with Gasteiger partial charge in [0.2, 0.25) is 5.90 Å². The monoisotopic (exact) mass is 384 g/mol. The molecule has 6 nitrogen and oxygen atoms in total. The van der Waals surface area contributed by atoms with Gasteiger partial charge in [-0.15, -0.1) is 11.3 Å². The maximum absolute atomic E-state index is 12.1. The number of nitro benzene ring substituents is 1. The molecule has 1 aliphatic heterocycles. The Hall–Kier alpha value is -3.03. The first-order chi connectivity index (χ1) is 12.5. The predicted molar refractivity (Wildman–Crippen MR) is 101 cm³/mol. The quantitative estimate of drug-likeness (QED) is 0.281. The number of cyclic esters (lactones) is 1. The number of non-ortho nitro benzene ring substituents is 1. The van der Waals surface area contributed by atoms with Gasteiger partial charge >= 0.3 is 5.97 Å². The lowest BCUT2D eigenvalue weighted by atomic mass is 10.2. The Morgan fingerprint density at radius 3 is 2.58 bits per heavy atom. The molecule has 26 heavy (non-hydrogen) atoms. The smallest absolute Gasteiger partial charge is 0.363 e. The average molecular weight is 385 g/mol. The largest absolute Gasteiger partial charge is 0.401 e. The predicted octanol–water partition coefficient (Wildman–Crippen LogP) is 4.81. The van der Waals surface area contributed by atoms with Crippen LogP contribution in [-0.4, -0.2) is 16.8 Å². The van der Waals surface area contributed by atoms with E-state index in [0.717, 1.165) is 10.1 Å². The van der Waals surface area contributed by atoms with Crippen LogP contribution in [-0.2, 0) is 9.53 Å². The van der Waals surface area contributed by atoms with Gasteiger partial charge in [-0.05, 0) is 29.8 Å². The molecule has 4 rings (SSSR count). The van der Waals surface area contributed by atoms with Gasteiger partial charge in [-0.1, -0.05) is 29.8 Å². The number of nitrogens with zero attached hydrogens (tertiary/aromatic N) is 2. The SMILES string of the molecule is O=C1OC(c2sc3ccccc3c2Cl)=N/C1=C/c1ccc([N+](=O)[O-])cc1. The highest BCUT2D eigenvalue weighted by atomic mass is 35.5. The summed E-state index contributed by atoms with van der Waals surface area (Å²) in [7, 11) is 0. The molecule has 0 atom stereocenters. The maximum Gasteiger partial charge on any atom is 0.363 e. The molecule has 0 fully saturated rings. The molecule has 1 aliphatic rings. The van der Waals surface area contributed by atoms with Crippen LogP contribution in [0, 0.1) is 10.1 Å². The molecule has 0 amide bonds. The Morgan fingerprint density at radius 2 is 1.88 bits per heavy atom. The van der Waals surface area contributed by atoms with Crippen molar-refractivity contribution in [2.45, 2.75) is 0 Å². The highest BCUT2D eigenvalue weighted by molar-refractivity contribution is 7.21. The number of rotatable bonds is 3. The number of hydrogen-bond donors (Lipinski definition) is 0. The van der Waals surface area contributed by atoms with Crippen molar-refractivity contribution in [3.8, 4) is 0 Å². The summed E-state index contributed by atoms with van der Waals surface area (Å²) >= 11 is 7.79. The van der Waals surface area contributed by atoms with Crippen molar-refractivity contribution in [1.82, 2.24) is 0 Å². The van der Waals surface area contributed by atoms with E-state index in [1.807, 2.05) is 24.3 Å². The molecule has 3 aromatic rings.